The van der Waals surface area contributed by atoms with Gasteiger partial charge in [-0.1, -0.05) is 19.1 Å². The molecule has 24 heavy (non-hydrogen) atoms. The van der Waals surface area contributed by atoms with Crippen LogP contribution in [0.15, 0.2) is 33.9 Å². The molecule has 2 aromatic rings. The Labute approximate surface area is 141 Å². The van der Waals surface area contributed by atoms with Gasteiger partial charge in [0, 0.05) is 11.6 Å². The van der Waals surface area contributed by atoms with Crippen LogP contribution in [0.2, 0.25) is 0 Å². The zero-order chi connectivity index (χ0) is 18.1. The first kappa shape index (κ1) is 18.0. The number of benzene rings is 1. The fourth-order valence-corrected chi connectivity index (χ4v) is 2.67. The first-order chi connectivity index (χ1) is 11.2. The van der Waals surface area contributed by atoms with Crippen molar-refractivity contribution in [2.75, 3.05) is 0 Å². The molecular weight excluding hydrogens is 306 g/mol. The molecule has 1 heterocycles. The van der Waals surface area contributed by atoms with Crippen LogP contribution in [0, 0.1) is 0 Å². The fraction of sp³-hybridized carbons (Fsp3) is 0.500. The van der Waals surface area contributed by atoms with Crippen LogP contribution in [0.1, 0.15) is 47.1 Å². The number of para-hydroxylation sites is 1. The molecule has 0 aliphatic rings. The van der Waals surface area contributed by atoms with E-state index in [2.05, 4.69) is 5.32 Å². The van der Waals surface area contributed by atoms with Gasteiger partial charge in [0.05, 0.1) is 10.9 Å². The molecular formula is C18H25N3O3. The fourth-order valence-electron chi connectivity index (χ4n) is 2.67. The summed E-state index contributed by atoms with van der Waals surface area (Å²) < 4.78 is 2.62. The van der Waals surface area contributed by atoms with Gasteiger partial charge in [0.25, 0.3) is 5.56 Å². The molecule has 2 rings (SSSR count). The van der Waals surface area contributed by atoms with E-state index in [-0.39, 0.29) is 29.6 Å². The molecule has 1 amide bonds. The Morgan fingerprint density at radius 1 is 1.21 bits per heavy atom. The van der Waals surface area contributed by atoms with Crippen molar-refractivity contribution in [2.24, 2.45) is 0 Å². The Kier molecular flexibility index (Phi) is 4.96. The van der Waals surface area contributed by atoms with E-state index in [1.807, 2.05) is 34.6 Å². The molecule has 0 aliphatic carbocycles. The minimum Gasteiger partial charge on any atom is -0.350 e. The van der Waals surface area contributed by atoms with Crippen LogP contribution < -0.4 is 16.6 Å². The summed E-state index contributed by atoms with van der Waals surface area (Å²) in [5.41, 5.74) is -0.660. The van der Waals surface area contributed by atoms with Crippen molar-refractivity contribution in [1.29, 1.82) is 0 Å². The third-order valence-corrected chi connectivity index (χ3v) is 3.93. The Morgan fingerprint density at radius 3 is 2.42 bits per heavy atom. The van der Waals surface area contributed by atoms with Gasteiger partial charge in [0.2, 0.25) is 5.91 Å². The molecule has 0 spiro atoms. The summed E-state index contributed by atoms with van der Waals surface area (Å²) in [6, 6.07) is 6.67. The van der Waals surface area contributed by atoms with Crippen LogP contribution in [0.25, 0.3) is 10.9 Å². The lowest BCUT2D eigenvalue weighted by Gasteiger charge is -2.22. The number of carbonyl (C=O) groups excluding carboxylic acids is 1. The lowest BCUT2D eigenvalue weighted by atomic mass is 10.1. The molecule has 0 radical (unpaired) electrons. The molecule has 6 nitrogen and oxygen atoms in total. The highest BCUT2D eigenvalue weighted by molar-refractivity contribution is 5.81. The number of rotatable bonds is 4. The predicted molar refractivity (Wildman–Crippen MR) is 95.4 cm³/mol. The lowest BCUT2D eigenvalue weighted by molar-refractivity contribution is -0.123. The quantitative estimate of drug-likeness (QED) is 0.932. The Morgan fingerprint density at radius 2 is 1.83 bits per heavy atom. The van der Waals surface area contributed by atoms with Gasteiger partial charge in [-0.15, -0.1) is 0 Å². The van der Waals surface area contributed by atoms with Crippen LogP contribution in [-0.4, -0.2) is 20.6 Å². The predicted octanol–water partition coefficient (Wildman–Crippen LogP) is 2.05. The Hall–Kier alpha value is -2.37. The summed E-state index contributed by atoms with van der Waals surface area (Å²) in [7, 11) is 0. The van der Waals surface area contributed by atoms with E-state index in [0.717, 1.165) is 0 Å². The van der Waals surface area contributed by atoms with Crippen molar-refractivity contribution in [3.63, 3.8) is 0 Å². The monoisotopic (exact) mass is 331 g/mol. The maximum absolute atomic E-state index is 12.9. The highest BCUT2D eigenvalue weighted by Crippen LogP contribution is 2.11. The van der Waals surface area contributed by atoms with Crippen molar-refractivity contribution in [2.45, 2.75) is 59.2 Å². The largest absolute Gasteiger partial charge is 0.350 e. The first-order valence-corrected chi connectivity index (χ1v) is 8.20. The second-order valence-electron chi connectivity index (χ2n) is 7.12. The number of aromatic nitrogens is 2. The normalized spacial score (nSPS) is 13.0. The molecule has 0 saturated carbocycles. The van der Waals surface area contributed by atoms with Crippen molar-refractivity contribution in [3.8, 4) is 0 Å². The minimum absolute atomic E-state index is 0.118. The molecule has 0 saturated heterocycles. The zero-order valence-electron chi connectivity index (χ0n) is 14.9. The van der Waals surface area contributed by atoms with E-state index in [0.29, 0.717) is 17.3 Å². The van der Waals surface area contributed by atoms with Gasteiger partial charge < -0.3 is 5.32 Å². The molecule has 1 N–H and O–H groups in total. The van der Waals surface area contributed by atoms with E-state index in [1.54, 1.807) is 24.3 Å². The Bertz CT molecular complexity index is 872. The summed E-state index contributed by atoms with van der Waals surface area (Å²) in [5, 5.41) is 3.30. The zero-order valence-corrected chi connectivity index (χ0v) is 14.9. The number of hydrogen-bond acceptors (Lipinski definition) is 3. The van der Waals surface area contributed by atoms with E-state index in [4.69, 9.17) is 0 Å². The number of fused-ring (bicyclic) bond motifs is 1. The number of nitrogens with one attached hydrogen (secondary N) is 1. The average Bonchev–Trinajstić information content (AvgIpc) is 2.49. The number of nitrogens with zero attached hydrogens (tertiary/aromatic N) is 2. The van der Waals surface area contributed by atoms with Crippen molar-refractivity contribution >= 4 is 16.8 Å². The summed E-state index contributed by atoms with van der Waals surface area (Å²) in [6.45, 7) is 9.27. The van der Waals surface area contributed by atoms with Crippen molar-refractivity contribution in [1.82, 2.24) is 14.5 Å². The molecule has 0 unspecified atom stereocenters. The van der Waals surface area contributed by atoms with E-state index in [1.165, 1.54) is 9.13 Å². The maximum atomic E-state index is 12.9. The molecule has 130 valence electrons. The van der Waals surface area contributed by atoms with Gasteiger partial charge >= 0.3 is 5.69 Å². The summed E-state index contributed by atoms with van der Waals surface area (Å²) in [4.78, 5) is 37.8. The van der Waals surface area contributed by atoms with E-state index >= 15 is 0 Å². The number of amides is 1. The van der Waals surface area contributed by atoms with Crippen LogP contribution in [0.3, 0.4) is 0 Å². The second-order valence-corrected chi connectivity index (χ2v) is 7.12. The number of hydrogen-bond donors (Lipinski definition) is 1. The average molecular weight is 331 g/mol. The van der Waals surface area contributed by atoms with E-state index in [9.17, 15) is 14.4 Å². The van der Waals surface area contributed by atoms with Crippen molar-refractivity contribution < 1.29 is 4.79 Å². The van der Waals surface area contributed by atoms with Crippen LogP contribution in [0.5, 0.6) is 0 Å². The molecule has 1 aromatic carbocycles. The lowest BCUT2D eigenvalue weighted by Crippen LogP contribution is -2.46. The van der Waals surface area contributed by atoms with Gasteiger partial charge in [-0.3, -0.25) is 18.7 Å². The smallest absolute Gasteiger partial charge is 0.332 e. The second kappa shape index (κ2) is 6.63. The summed E-state index contributed by atoms with van der Waals surface area (Å²) >= 11 is 0. The topological polar surface area (TPSA) is 73.1 Å². The first-order valence-electron chi connectivity index (χ1n) is 8.20. The third kappa shape index (κ3) is 3.58. The standard InChI is InChI=1S/C18H25N3O3/c1-6-12(2)21-16(23)13-9-7-8-10-14(13)20(17(21)24)11-15(22)19-18(3,4)5/h7-10,12H,6,11H2,1-5H3,(H,19,22)/t12-/m0/s1. The van der Waals surface area contributed by atoms with Gasteiger partial charge in [0.15, 0.2) is 0 Å². The molecule has 0 bridgehead atoms. The van der Waals surface area contributed by atoms with Gasteiger partial charge in [0.1, 0.15) is 6.54 Å². The van der Waals surface area contributed by atoms with Gasteiger partial charge in [-0.2, -0.15) is 0 Å². The van der Waals surface area contributed by atoms with Crippen LogP contribution in [0.4, 0.5) is 0 Å². The Balaban J connectivity index is 2.66. The van der Waals surface area contributed by atoms with E-state index < -0.39 is 5.69 Å². The van der Waals surface area contributed by atoms with Gasteiger partial charge in [-0.05, 0) is 46.2 Å². The van der Waals surface area contributed by atoms with Crippen molar-refractivity contribution in [3.05, 3.63) is 45.1 Å². The highest BCUT2D eigenvalue weighted by Gasteiger charge is 2.19. The molecule has 6 heteroatoms. The SMILES string of the molecule is CC[C@H](C)n1c(=O)c2ccccc2n(CC(=O)NC(C)(C)C)c1=O. The minimum atomic E-state index is -0.447. The maximum Gasteiger partial charge on any atom is 0.332 e. The van der Waals surface area contributed by atoms with Gasteiger partial charge in [-0.25, -0.2) is 4.79 Å². The number of carbonyl (C=O) groups is 1. The summed E-state index contributed by atoms with van der Waals surface area (Å²) in [6.07, 6.45) is 0.654. The molecule has 0 fully saturated rings. The molecule has 0 aliphatic heterocycles. The summed E-state index contributed by atoms with van der Waals surface area (Å²) in [5.74, 6) is -0.260. The van der Waals surface area contributed by atoms with Crippen LogP contribution in [-0.2, 0) is 11.3 Å². The third-order valence-electron chi connectivity index (χ3n) is 3.93. The molecule has 1 atom stereocenters. The molecule has 1 aromatic heterocycles. The van der Waals surface area contributed by atoms with Crippen LogP contribution >= 0.6 is 0 Å². The highest BCUT2D eigenvalue weighted by atomic mass is 16.2.